The van der Waals surface area contributed by atoms with Gasteiger partial charge in [0.25, 0.3) is 0 Å². The van der Waals surface area contributed by atoms with E-state index >= 15 is 0 Å². The molecule has 5 nitrogen and oxygen atoms in total. The molecule has 2 N–H and O–H groups in total. The van der Waals surface area contributed by atoms with E-state index in [-0.39, 0.29) is 0 Å². The van der Waals surface area contributed by atoms with Crippen molar-refractivity contribution >= 4 is 50.1 Å². The van der Waals surface area contributed by atoms with Crippen molar-refractivity contribution in [2.24, 2.45) is 0 Å². The molecule has 0 spiro atoms. The highest BCUT2D eigenvalue weighted by molar-refractivity contribution is 7.16. The van der Waals surface area contributed by atoms with Gasteiger partial charge in [0.1, 0.15) is 22.7 Å². The van der Waals surface area contributed by atoms with Gasteiger partial charge in [0.15, 0.2) is 0 Å². The monoisotopic (exact) mass is 394 g/mol. The number of benzene rings is 2. The number of rotatable bonds is 4. The smallest absolute Gasteiger partial charge is 0.150 e. The summed E-state index contributed by atoms with van der Waals surface area (Å²) in [5.41, 5.74) is 5.16. The molecular weight excluding hydrogens is 380 g/mol. The van der Waals surface area contributed by atoms with Gasteiger partial charge in [-0.1, -0.05) is 24.3 Å². The predicted octanol–water partition coefficient (Wildman–Crippen LogP) is 5.87. The van der Waals surface area contributed by atoms with Gasteiger partial charge in [-0.3, -0.25) is 4.79 Å². The van der Waals surface area contributed by atoms with Crippen LogP contribution in [0.4, 0.5) is 11.4 Å². The third kappa shape index (κ3) is 2.94. The molecule has 6 heteroatoms. The molecule has 0 amide bonds. The molecule has 0 aliphatic carbocycles. The number of H-pyrrole nitrogens is 1. The molecule has 5 rings (SSSR count). The number of nitriles is 1. The maximum Gasteiger partial charge on any atom is 0.150 e. The molecule has 5 aromatic rings. The molecule has 0 fully saturated rings. The SMILES string of the molecule is N#Cc1c(-c2ccc(C=O)cc2)nc2sccc2c1Nc1ccc2[nH]ccc2c1. The molecule has 0 radical (unpaired) electrons. The van der Waals surface area contributed by atoms with Gasteiger partial charge in [0, 0.05) is 39.3 Å². The first kappa shape index (κ1) is 17.2. The van der Waals surface area contributed by atoms with Crippen LogP contribution in [0.25, 0.3) is 32.4 Å². The van der Waals surface area contributed by atoms with Crippen LogP contribution in [0.1, 0.15) is 15.9 Å². The molecule has 0 atom stereocenters. The van der Waals surface area contributed by atoms with E-state index < -0.39 is 0 Å². The van der Waals surface area contributed by atoms with Gasteiger partial charge in [-0.05, 0) is 35.7 Å². The van der Waals surface area contributed by atoms with Gasteiger partial charge in [-0.25, -0.2) is 4.98 Å². The molecule has 3 aromatic heterocycles. The molecule has 3 heterocycles. The minimum Gasteiger partial charge on any atom is -0.361 e. The van der Waals surface area contributed by atoms with Gasteiger partial charge in [0.2, 0.25) is 0 Å². The van der Waals surface area contributed by atoms with Crippen molar-refractivity contribution in [1.29, 1.82) is 5.26 Å². The van der Waals surface area contributed by atoms with E-state index in [0.717, 1.165) is 44.3 Å². The minimum atomic E-state index is 0.476. The lowest BCUT2D eigenvalue weighted by Crippen LogP contribution is -1.99. The van der Waals surface area contributed by atoms with E-state index in [2.05, 4.69) is 16.4 Å². The van der Waals surface area contributed by atoms with Crippen LogP contribution in [0, 0.1) is 11.3 Å². The largest absolute Gasteiger partial charge is 0.361 e. The first-order chi connectivity index (χ1) is 14.3. The highest BCUT2D eigenvalue weighted by atomic mass is 32.1. The second-order valence-corrected chi connectivity index (χ2v) is 7.50. The van der Waals surface area contributed by atoms with E-state index in [4.69, 9.17) is 4.98 Å². The van der Waals surface area contributed by atoms with E-state index in [9.17, 15) is 10.1 Å². The van der Waals surface area contributed by atoms with Crippen LogP contribution in [0.5, 0.6) is 0 Å². The zero-order valence-electron chi connectivity index (χ0n) is 15.1. The lowest BCUT2D eigenvalue weighted by molar-refractivity contribution is 0.112. The number of fused-ring (bicyclic) bond motifs is 2. The Morgan fingerprint density at radius 1 is 1.10 bits per heavy atom. The van der Waals surface area contributed by atoms with Crippen LogP contribution in [0.15, 0.2) is 66.2 Å². The van der Waals surface area contributed by atoms with Crippen LogP contribution in [-0.4, -0.2) is 16.3 Å². The Morgan fingerprint density at radius 3 is 2.76 bits per heavy atom. The summed E-state index contributed by atoms with van der Waals surface area (Å²) in [6.07, 6.45) is 2.70. The molecule has 0 aliphatic heterocycles. The lowest BCUT2D eigenvalue weighted by Gasteiger charge is -2.13. The van der Waals surface area contributed by atoms with Crippen molar-refractivity contribution in [2.45, 2.75) is 0 Å². The molecule has 138 valence electrons. The standard InChI is InChI=1S/C23H14N4OS/c24-12-19-21(15-3-1-14(13-28)2-4-15)27-23-18(8-10-29-23)22(19)26-17-5-6-20-16(11-17)7-9-25-20/h1-11,13,25H,(H,26,27). The van der Waals surface area contributed by atoms with Gasteiger partial charge < -0.3 is 10.3 Å². The number of pyridine rings is 1. The molecule has 0 saturated heterocycles. The zero-order chi connectivity index (χ0) is 19.8. The molecular formula is C23H14N4OS. The van der Waals surface area contributed by atoms with Crippen LogP contribution in [-0.2, 0) is 0 Å². The summed E-state index contributed by atoms with van der Waals surface area (Å²) in [4.78, 5) is 19.7. The molecule has 2 aromatic carbocycles. The normalized spacial score (nSPS) is 10.9. The van der Waals surface area contributed by atoms with Gasteiger partial charge in [0.05, 0.1) is 11.4 Å². The summed E-state index contributed by atoms with van der Waals surface area (Å²) >= 11 is 1.53. The number of nitrogens with zero attached hydrogens (tertiary/aromatic N) is 2. The van der Waals surface area contributed by atoms with Crippen molar-refractivity contribution in [3.8, 4) is 17.3 Å². The fourth-order valence-corrected chi connectivity index (χ4v) is 4.21. The number of aromatic nitrogens is 2. The number of aldehydes is 1. The third-order valence-corrected chi connectivity index (χ3v) is 5.68. The van der Waals surface area contributed by atoms with Crippen molar-refractivity contribution in [3.05, 3.63) is 77.3 Å². The Kier molecular flexibility index (Phi) is 4.08. The topological polar surface area (TPSA) is 81.6 Å². The predicted molar refractivity (Wildman–Crippen MR) is 117 cm³/mol. The zero-order valence-corrected chi connectivity index (χ0v) is 16.0. The number of aromatic amines is 1. The Labute approximate surface area is 170 Å². The van der Waals surface area contributed by atoms with E-state index in [0.29, 0.717) is 16.8 Å². The van der Waals surface area contributed by atoms with Crippen LogP contribution >= 0.6 is 11.3 Å². The van der Waals surface area contributed by atoms with Crippen LogP contribution in [0.3, 0.4) is 0 Å². The van der Waals surface area contributed by atoms with Crippen LogP contribution in [0.2, 0.25) is 0 Å². The Hall–Kier alpha value is -3.95. The first-order valence-electron chi connectivity index (χ1n) is 8.98. The van der Waals surface area contributed by atoms with Crippen molar-refractivity contribution in [1.82, 2.24) is 9.97 Å². The van der Waals surface area contributed by atoms with Gasteiger partial charge >= 0.3 is 0 Å². The average Bonchev–Trinajstić information content (AvgIpc) is 3.42. The fraction of sp³-hybridized carbons (Fsp3) is 0. The summed E-state index contributed by atoms with van der Waals surface area (Å²) in [5, 5.41) is 17.4. The maximum absolute atomic E-state index is 11.0. The van der Waals surface area contributed by atoms with Crippen molar-refractivity contribution < 1.29 is 4.79 Å². The number of nitrogens with one attached hydrogen (secondary N) is 2. The number of hydrogen-bond donors (Lipinski definition) is 2. The molecule has 0 saturated carbocycles. The molecule has 29 heavy (non-hydrogen) atoms. The van der Waals surface area contributed by atoms with E-state index in [1.807, 2.05) is 54.0 Å². The van der Waals surface area contributed by atoms with Crippen LogP contribution < -0.4 is 5.32 Å². The number of carbonyl (C=O) groups excluding carboxylic acids is 1. The van der Waals surface area contributed by atoms with E-state index in [1.165, 1.54) is 11.3 Å². The molecule has 0 unspecified atom stereocenters. The minimum absolute atomic E-state index is 0.476. The number of hydrogen-bond acceptors (Lipinski definition) is 5. The lowest BCUT2D eigenvalue weighted by atomic mass is 10.0. The van der Waals surface area contributed by atoms with Crippen molar-refractivity contribution in [2.75, 3.05) is 5.32 Å². The number of anilines is 2. The Morgan fingerprint density at radius 2 is 1.97 bits per heavy atom. The Bertz CT molecular complexity index is 1410. The van der Waals surface area contributed by atoms with Crippen molar-refractivity contribution in [3.63, 3.8) is 0 Å². The Balaban J connectivity index is 1.69. The second kappa shape index (κ2) is 6.89. The number of carbonyl (C=O) groups is 1. The molecule has 0 bridgehead atoms. The summed E-state index contributed by atoms with van der Waals surface area (Å²) in [7, 11) is 0. The van der Waals surface area contributed by atoms with E-state index in [1.54, 1.807) is 12.1 Å². The maximum atomic E-state index is 11.0. The van der Waals surface area contributed by atoms with Gasteiger partial charge in [-0.2, -0.15) is 5.26 Å². The summed E-state index contributed by atoms with van der Waals surface area (Å²) < 4.78 is 0. The summed E-state index contributed by atoms with van der Waals surface area (Å²) in [6.45, 7) is 0. The summed E-state index contributed by atoms with van der Waals surface area (Å²) in [6, 6.07) is 19.5. The third-order valence-electron chi connectivity index (χ3n) is 4.87. The second-order valence-electron chi connectivity index (χ2n) is 6.61. The summed E-state index contributed by atoms with van der Waals surface area (Å²) in [5.74, 6) is 0. The quantitative estimate of drug-likeness (QED) is 0.373. The fourth-order valence-electron chi connectivity index (χ4n) is 3.43. The number of thiophene rings is 1. The van der Waals surface area contributed by atoms with Gasteiger partial charge in [-0.15, -0.1) is 11.3 Å². The highest BCUT2D eigenvalue weighted by Gasteiger charge is 2.18. The highest BCUT2D eigenvalue weighted by Crippen LogP contribution is 2.37. The average molecular weight is 394 g/mol. The molecule has 0 aliphatic rings. The first-order valence-corrected chi connectivity index (χ1v) is 9.86.